The summed E-state index contributed by atoms with van der Waals surface area (Å²) < 4.78 is 0. The van der Waals surface area contributed by atoms with Crippen LogP contribution >= 0.6 is 0 Å². The number of hydrogen-bond donors (Lipinski definition) is 1. The quantitative estimate of drug-likeness (QED) is 0.923. The Labute approximate surface area is 129 Å². The Hall–Kier alpha value is -0.930. The first kappa shape index (κ1) is 15.0. The minimum absolute atomic E-state index is 0.499. The van der Waals surface area contributed by atoms with Gasteiger partial charge >= 0.3 is 0 Å². The van der Waals surface area contributed by atoms with Gasteiger partial charge in [0.25, 0.3) is 0 Å². The molecule has 116 valence electrons. The second-order valence-corrected chi connectivity index (χ2v) is 6.76. The molecule has 2 aliphatic rings. The third-order valence-corrected chi connectivity index (χ3v) is 5.41. The lowest BCUT2D eigenvalue weighted by Gasteiger charge is -2.35. The largest absolute Gasteiger partial charge is 0.312 e. The van der Waals surface area contributed by atoms with Gasteiger partial charge in [-0.3, -0.25) is 9.88 Å². The van der Waals surface area contributed by atoms with E-state index >= 15 is 0 Å². The molecule has 3 rings (SSSR count). The minimum Gasteiger partial charge on any atom is -0.312 e. The Morgan fingerprint density at radius 2 is 1.90 bits per heavy atom. The Morgan fingerprint density at radius 1 is 1.14 bits per heavy atom. The first-order valence-corrected chi connectivity index (χ1v) is 8.72. The van der Waals surface area contributed by atoms with Gasteiger partial charge in [-0.25, -0.2) is 0 Å². The molecule has 1 aliphatic heterocycles. The maximum atomic E-state index is 4.15. The lowest BCUT2D eigenvalue weighted by molar-refractivity contribution is 0.170. The van der Waals surface area contributed by atoms with E-state index in [4.69, 9.17) is 0 Å². The average Bonchev–Trinajstić information content (AvgIpc) is 2.82. The molecule has 1 N–H and O–H groups in total. The summed E-state index contributed by atoms with van der Waals surface area (Å²) in [6.07, 6.45) is 12.3. The maximum Gasteiger partial charge on any atom is 0.0321 e. The lowest BCUT2D eigenvalue weighted by Crippen LogP contribution is -2.44. The maximum absolute atomic E-state index is 4.15. The number of rotatable bonds is 3. The van der Waals surface area contributed by atoms with E-state index in [9.17, 15) is 0 Å². The van der Waals surface area contributed by atoms with Gasteiger partial charge in [0, 0.05) is 37.6 Å². The van der Waals surface area contributed by atoms with Gasteiger partial charge in [0.15, 0.2) is 0 Å². The molecule has 0 spiro atoms. The molecular formula is C18H29N3. The van der Waals surface area contributed by atoms with E-state index < -0.39 is 0 Å². The topological polar surface area (TPSA) is 28.2 Å². The van der Waals surface area contributed by atoms with Gasteiger partial charge in [0.2, 0.25) is 0 Å². The highest BCUT2D eigenvalue weighted by Gasteiger charge is 2.28. The molecule has 1 aromatic rings. The zero-order chi connectivity index (χ0) is 14.5. The summed E-state index contributed by atoms with van der Waals surface area (Å²) in [7, 11) is 0. The van der Waals surface area contributed by atoms with Gasteiger partial charge in [-0.05, 0) is 56.3 Å². The number of hydrogen-bond acceptors (Lipinski definition) is 3. The fraction of sp³-hybridized carbons (Fsp3) is 0.722. The molecule has 2 atom stereocenters. The first-order chi connectivity index (χ1) is 10.3. The van der Waals surface area contributed by atoms with Gasteiger partial charge < -0.3 is 5.32 Å². The van der Waals surface area contributed by atoms with Crippen molar-refractivity contribution in [2.75, 3.05) is 19.6 Å². The summed E-state index contributed by atoms with van der Waals surface area (Å²) in [5.41, 5.74) is 1.40. The van der Waals surface area contributed by atoms with E-state index in [-0.39, 0.29) is 0 Å². The van der Waals surface area contributed by atoms with E-state index in [0.717, 1.165) is 5.92 Å². The van der Waals surface area contributed by atoms with Crippen LogP contribution in [0.15, 0.2) is 24.5 Å². The summed E-state index contributed by atoms with van der Waals surface area (Å²) in [4.78, 5) is 6.82. The lowest BCUT2D eigenvalue weighted by atomic mass is 9.83. The summed E-state index contributed by atoms with van der Waals surface area (Å²) in [6, 6.07) is 5.52. The van der Waals surface area contributed by atoms with Crippen LogP contribution < -0.4 is 5.32 Å². The van der Waals surface area contributed by atoms with Crippen LogP contribution in [-0.2, 0) is 0 Å². The molecule has 3 heteroatoms. The number of aromatic nitrogens is 1. The second kappa shape index (κ2) is 7.37. The predicted molar refractivity (Wildman–Crippen MR) is 87.2 cm³/mol. The van der Waals surface area contributed by atoms with Gasteiger partial charge in [0.1, 0.15) is 0 Å². The normalized spacial score (nSPS) is 27.2. The van der Waals surface area contributed by atoms with Crippen molar-refractivity contribution in [2.45, 2.75) is 57.5 Å². The average molecular weight is 287 g/mol. The monoisotopic (exact) mass is 287 g/mol. The zero-order valence-corrected chi connectivity index (χ0v) is 13.3. The van der Waals surface area contributed by atoms with E-state index in [1.54, 1.807) is 0 Å². The predicted octanol–water partition coefficient (Wildman–Crippen LogP) is 3.39. The fourth-order valence-corrected chi connectivity index (χ4v) is 4.03. The third-order valence-electron chi connectivity index (χ3n) is 5.41. The van der Waals surface area contributed by atoms with Crippen molar-refractivity contribution in [3.8, 4) is 0 Å². The summed E-state index contributed by atoms with van der Waals surface area (Å²) >= 11 is 0. The molecule has 1 aromatic heterocycles. The number of nitrogens with zero attached hydrogens (tertiary/aromatic N) is 2. The van der Waals surface area contributed by atoms with Crippen molar-refractivity contribution in [3.05, 3.63) is 30.1 Å². The second-order valence-electron chi connectivity index (χ2n) is 6.76. The molecule has 2 unspecified atom stereocenters. The van der Waals surface area contributed by atoms with Crippen LogP contribution in [0.4, 0.5) is 0 Å². The van der Waals surface area contributed by atoms with Crippen molar-refractivity contribution in [1.29, 1.82) is 0 Å². The number of pyridine rings is 1. The van der Waals surface area contributed by atoms with Crippen molar-refractivity contribution < 1.29 is 0 Å². The van der Waals surface area contributed by atoms with E-state index in [1.165, 1.54) is 63.7 Å². The van der Waals surface area contributed by atoms with E-state index in [0.29, 0.717) is 12.1 Å². The Bertz CT molecular complexity index is 414. The smallest absolute Gasteiger partial charge is 0.0321 e. The van der Waals surface area contributed by atoms with Crippen LogP contribution in [-0.4, -0.2) is 35.6 Å². The molecular weight excluding hydrogens is 258 g/mol. The van der Waals surface area contributed by atoms with E-state index in [1.807, 2.05) is 12.4 Å². The molecule has 1 saturated heterocycles. The van der Waals surface area contributed by atoms with Crippen LogP contribution in [0.25, 0.3) is 0 Å². The SMILES string of the molecule is CC(c1ccncc1)N1CCCNC(C2CCCCC2)C1. The molecule has 2 heterocycles. The van der Waals surface area contributed by atoms with Crippen molar-refractivity contribution in [2.24, 2.45) is 5.92 Å². The van der Waals surface area contributed by atoms with Crippen LogP contribution in [0, 0.1) is 5.92 Å². The fourth-order valence-electron chi connectivity index (χ4n) is 4.03. The summed E-state index contributed by atoms with van der Waals surface area (Å²) in [5, 5.41) is 3.83. The molecule has 2 fully saturated rings. The van der Waals surface area contributed by atoms with Gasteiger partial charge in [-0.2, -0.15) is 0 Å². The van der Waals surface area contributed by atoms with E-state index in [2.05, 4.69) is 34.3 Å². The zero-order valence-electron chi connectivity index (χ0n) is 13.3. The highest BCUT2D eigenvalue weighted by Crippen LogP contribution is 2.29. The Balaban J connectivity index is 1.66. The van der Waals surface area contributed by atoms with Gasteiger partial charge in [0.05, 0.1) is 0 Å². The summed E-state index contributed by atoms with van der Waals surface area (Å²) in [6.45, 7) is 5.94. The molecule has 1 saturated carbocycles. The van der Waals surface area contributed by atoms with Crippen molar-refractivity contribution >= 4 is 0 Å². The molecule has 1 aliphatic carbocycles. The van der Waals surface area contributed by atoms with Gasteiger partial charge in [-0.1, -0.05) is 19.3 Å². The van der Waals surface area contributed by atoms with Crippen molar-refractivity contribution in [3.63, 3.8) is 0 Å². The molecule has 21 heavy (non-hydrogen) atoms. The molecule has 0 amide bonds. The standard InChI is InChI=1S/C18H29N3/c1-15(16-8-11-19-12-9-16)21-13-5-10-20-18(14-21)17-6-3-2-4-7-17/h8-9,11-12,15,17-18,20H,2-7,10,13-14H2,1H3. The molecule has 0 aromatic carbocycles. The van der Waals surface area contributed by atoms with Crippen LogP contribution in [0.2, 0.25) is 0 Å². The Kier molecular flexibility index (Phi) is 5.26. The number of nitrogens with one attached hydrogen (secondary N) is 1. The Morgan fingerprint density at radius 3 is 2.67 bits per heavy atom. The molecule has 0 bridgehead atoms. The van der Waals surface area contributed by atoms with Gasteiger partial charge in [-0.15, -0.1) is 0 Å². The molecule has 3 nitrogen and oxygen atoms in total. The van der Waals surface area contributed by atoms with Crippen LogP contribution in [0.5, 0.6) is 0 Å². The van der Waals surface area contributed by atoms with Crippen LogP contribution in [0.3, 0.4) is 0 Å². The highest BCUT2D eigenvalue weighted by atomic mass is 15.2. The molecule has 0 radical (unpaired) electrons. The highest BCUT2D eigenvalue weighted by molar-refractivity contribution is 5.14. The van der Waals surface area contributed by atoms with Crippen LogP contribution in [0.1, 0.15) is 57.1 Å². The summed E-state index contributed by atoms with van der Waals surface area (Å²) in [5.74, 6) is 0.893. The first-order valence-electron chi connectivity index (χ1n) is 8.72. The third kappa shape index (κ3) is 3.83. The minimum atomic E-state index is 0.499. The van der Waals surface area contributed by atoms with Crippen molar-refractivity contribution in [1.82, 2.24) is 15.2 Å².